The minimum Gasteiger partial charge on any atom is -0.493 e. The lowest BCUT2D eigenvalue weighted by molar-refractivity contribution is -0.106. The fourth-order valence-electron chi connectivity index (χ4n) is 4.62. The van der Waals surface area contributed by atoms with Crippen LogP contribution in [0.25, 0.3) is 0 Å². The Morgan fingerprint density at radius 2 is 1.68 bits per heavy atom. The largest absolute Gasteiger partial charge is 0.493 e. The van der Waals surface area contributed by atoms with Gasteiger partial charge in [0, 0.05) is 12.5 Å². The molecule has 176 valence electrons. The van der Waals surface area contributed by atoms with Gasteiger partial charge in [0.2, 0.25) is 0 Å². The van der Waals surface area contributed by atoms with Gasteiger partial charge in [0.05, 0.1) is 32.3 Å². The molecule has 0 aromatic heterocycles. The predicted octanol–water partition coefficient (Wildman–Crippen LogP) is 5.71. The summed E-state index contributed by atoms with van der Waals surface area (Å²) in [6.07, 6.45) is 2.16. The number of hydrogen-bond acceptors (Lipinski definition) is 6. The van der Waals surface area contributed by atoms with E-state index in [1.54, 1.807) is 26.4 Å². The molecule has 34 heavy (non-hydrogen) atoms. The molecule has 3 atom stereocenters. The number of ketones is 1. The Bertz CT molecular complexity index is 1150. The fraction of sp³-hybridized carbons (Fsp3) is 0.321. The maximum atomic E-state index is 13.8. The van der Waals surface area contributed by atoms with Gasteiger partial charge < -0.3 is 23.7 Å². The molecule has 2 aliphatic rings. The van der Waals surface area contributed by atoms with Crippen LogP contribution in [0.2, 0.25) is 0 Å². The summed E-state index contributed by atoms with van der Waals surface area (Å²) in [7, 11) is 3.19. The molecule has 6 heteroatoms. The highest BCUT2D eigenvalue weighted by molar-refractivity contribution is 6.04. The van der Waals surface area contributed by atoms with Gasteiger partial charge in [-0.1, -0.05) is 36.4 Å². The number of fused-ring (bicyclic) bond motifs is 1. The Labute approximate surface area is 199 Å². The summed E-state index contributed by atoms with van der Waals surface area (Å²) in [6.45, 7) is 0.699. The highest BCUT2D eigenvalue weighted by Crippen LogP contribution is 2.46. The minimum absolute atomic E-state index is 0.00713. The van der Waals surface area contributed by atoms with Crippen molar-refractivity contribution in [2.75, 3.05) is 20.8 Å². The van der Waals surface area contributed by atoms with Crippen molar-refractivity contribution in [3.05, 3.63) is 83.4 Å². The van der Waals surface area contributed by atoms with E-state index >= 15 is 0 Å². The van der Waals surface area contributed by atoms with E-state index in [0.29, 0.717) is 35.2 Å². The molecule has 0 saturated carbocycles. The maximum absolute atomic E-state index is 13.8. The van der Waals surface area contributed by atoms with E-state index in [0.717, 1.165) is 30.4 Å². The second-order valence-corrected chi connectivity index (χ2v) is 8.48. The molecule has 0 bridgehead atoms. The Morgan fingerprint density at radius 3 is 2.41 bits per heavy atom. The average Bonchev–Trinajstić information content (AvgIpc) is 2.89. The number of hydrogen-bond donors (Lipinski definition) is 0. The van der Waals surface area contributed by atoms with E-state index in [9.17, 15) is 4.79 Å². The Hall–Kier alpha value is -3.51. The van der Waals surface area contributed by atoms with Crippen LogP contribution in [-0.4, -0.2) is 32.9 Å². The van der Waals surface area contributed by atoms with Crippen LogP contribution in [0.3, 0.4) is 0 Å². The molecule has 6 nitrogen and oxygen atoms in total. The van der Waals surface area contributed by atoms with Crippen molar-refractivity contribution >= 4 is 5.78 Å². The van der Waals surface area contributed by atoms with Gasteiger partial charge in [-0.2, -0.15) is 0 Å². The average molecular weight is 461 g/mol. The van der Waals surface area contributed by atoms with E-state index in [1.165, 1.54) is 0 Å². The number of Topliss-reactive ketones (excluding diaryl/α,β-unsaturated/α-hetero) is 1. The Morgan fingerprint density at radius 1 is 0.853 bits per heavy atom. The summed E-state index contributed by atoms with van der Waals surface area (Å²) in [4.78, 5) is 13.8. The summed E-state index contributed by atoms with van der Waals surface area (Å²) in [5.74, 6) is 1.84. The molecule has 1 fully saturated rings. The lowest BCUT2D eigenvalue weighted by atomic mass is 9.81. The second kappa shape index (κ2) is 9.77. The number of rotatable bonds is 6. The van der Waals surface area contributed by atoms with E-state index < -0.39 is 12.0 Å². The maximum Gasteiger partial charge on any atom is 0.199 e. The van der Waals surface area contributed by atoms with E-state index in [1.807, 2.05) is 54.6 Å². The summed E-state index contributed by atoms with van der Waals surface area (Å²) in [5, 5.41) is 0. The van der Waals surface area contributed by atoms with Crippen LogP contribution in [0.15, 0.2) is 66.7 Å². The van der Waals surface area contributed by atoms with Gasteiger partial charge in [0.15, 0.2) is 23.6 Å². The molecule has 2 aliphatic heterocycles. The van der Waals surface area contributed by atoms with Crippen molar-refractivity contribution in [2.45, 2.75) is 37.6 Å². The lowest BCUT2D eigenvalue weighted by Gasteiger charge is -2.34. The van der Waals surface area contributed by atoms with Crippen LogP contribution in [0, 0.1) is 0 Å². The summed E-state index contributed by atoms with van der Waals surface area (Å²) in [6, 6.07) is 20.7. The van der Waals surface area contributed by atoms with Gasteiger partial charge in [0.25, 0.3) is 0 Å². The van der Waals surface area contributed by atoms with E-state index in [4.69, 9.17) is 23.7 Å². The normalized spacial score (nSPS) is 21.8. The molecule has 0 spiro atoms. The van der Waals surface area contributed by atoms with Crippen LogP contribution in [0.4, 0.5) is 0 Å². The third kappa shape index (κ3) is 4.33. The van der Waals surface area contributed by atoms with Crippen LogP contribution in [-0.2, 0) is 4.74 Å². The molecule has 0 N–H and O–H groups in total. The smallest absolute Gasteiger partial charge is 0.199 e. The fourth-order valence-corrected chi connectivity index (χ4v) is 4.62. The molecule has 0 amide bonds. The molecular formula is C28H28O6. The molecule has 0 aliphatic carbocycles. The molecule has 1 saturated heterocycles. The van der Waals surface area contributed by atoms with Gasteiger partial charge >= 0.3 is 0 Å². The standard InChI is InChI=1S/C28H28O6/c1-30-22-14-11-19(16-24(22)31-2)28-26(18-8-4-3-5-9-18)27(29)21-13-12-20(17-23(21)34-28)33-25-10-6-7-15-32-25/h3-5,8-9,11-14,16-17,25-26,28H,6-7,10,15H2,1-2H3/t25?,26-,28+/m1/s1. The van der Waals surface area contributed by atoms with Crippen molar-refractivity contribution < 1.29 is 28.5 Å². The van der Waals surface area contributed by atoms with E-state index in [2.05, 4.69) is 0 Å². The summed E-state index contributed by atoms with van der Waals surface area (Å²) in [5.41, 5.74) is 2.27. The molecular weight excluding hydrogens is 432 g/mol. The number of methoxy groups -OCH3 is 2. The lowest BCUT2D eigenvalue weighted by Crippen LogP contribution is -2.30. The summed E-state index contributed by atoms with van der Waals surface area (Å²) >= 11 is 0. The van der Waals surface area contributed by atoms with Crippen LogP contribution >= 0.6 is 0 Å². The third-order valence-electron chi connectivity index (χ3n) is 6.36. The van der Waals surface area contributed by atoms with Crippen LogP contribution in [0.1, 0.15) is 52.8 Å². The predicted molar refractivity (Wildman–Crippen MR) is 127 cm³/mol. The third-order valence-corrected chi connectivity index (χ3v) is 6.36. The topological polar surface area (TPSA) is 63.2 Å². The van der Waals surface area contributed by atoms with Crippen molar-refractivity contribution in [1.29, 1.82) is 0 Å². The number of benzene rings is 3. The zero-order valence-electron chi connectivity index (χ0n) is 19.4. The quantitative estimate of drug-likeness (QED) is 0.470. The van der Waals surface area contributed by atoms with Crippen molar-refractivity contribution in [2.24, 2.45) is 0 Å². The van der Waals surface area contributed by atoms with Crippen LogP contribution < -0.4 is 18.9 Å². The van der Waals surface area contributed by atoms with Gasteiger partial charge in [-0.05, 0) is 48.2 Å². The first-order chi connectivity index (χ1) is 16.7. The molecule has 2 heterocycles. The van der Waals surface area contributed by atoms with Crippen molar-refractivity contribution in [3.63, 3.8) is 0 Å². The van der Waals surface area contributed by atoms with E-state index in [-0.39, 0.29) is 12.1 Å². The molecule has 1 unspecified atom stereocenters. The zero-order valence-corrected chi connectivity index (χ0v) is 19.4. The first-order valence-electron chi connectivity index (χ1n) is 11.6. The Kier molecular flexibility index (Phi) is 6.41. The summed E-state index contributed by atoms with van der Waals surface area (Å²) < 4.78 is 29.2. The monoisotopic (exact) mass is 460 g/mol. The highest BCUT2D eigenvalue weighted by Gasteiger charge is 2.40. The second-order valence-electron chi connectivity index (χ2n) is 8.48. The molecule has 0 radical (unpaired) electrons. The molecule has 5 rings (SSSR count). The zero-order chi connectivity index (χ0) is 23.5. The highest BCUT2D eigenvalue weighted by atomic mass is 16.7. The number of carbonyl (C=O) groups excluding carboxylic acids is 1. The molecule has 3 aromatic rings. The Balaban J connectivity index is 1.53. The number of carbonyl (C=O) groups is 1. The SMILES string of the molecule is COc1ccc([C@@H]2Oc3cc(OC4CCCCO4)ccc3C(=O)[C@H]2c2ccccc2)cc1OC. The minimum atomic E-state index is -0.539. The van der Waals surface area contributed by atoms with Crippen molar-refractivity contribution in [1.82, 2.24) is 0 Å². The van der Waals surface area contributed by atoms with Gasteiger partial charge in [-0.15, -0.1) is 0 Å². The number of ether oxygens (including phenoxy) is 5. The molecule has 3 aromatic carbocycles. The van der Waals surface area contributed by atoms with Crippen molar-refractivity contribution in [3.8, 4) is 23.0 Å². The van der Waals surface area contributed by atoms with Gasteiger partial charge in [-0.25, -0.2) is 0 Å². The van der Waals surface area contributed by atoms with Gasteiger partial charge in [-0.3, -0.25) is 4.79 Å². The first kappa shape index (κ1) is 22.3. The van der Waals surface area contributed by atoms with Crippen LogP contribution in [0.5, 0.6) is 23.0 Å². The van der Waals surface area contributed by atoms with Gasteiger partial charge in [0.1, 0.15) is 17.6 Å². The first-order valence-corrected chi connectivity index (χ1v) is 11.6.